The molecule has 98 valence electrons. The zero-order valence-electron chi connectivity index (χ0n) is 10.6. The van der Waals surface area contributed by atoms with Gasteiger partial charge in [-0.15, -0.1) is 0 Å². The Morgan fingerprint density at radius 2 is 1.95 bits per heavy atom. The first-order valence-corrected chi connectivity index (χ1v) is 7.27. The summed E-state index contributed by atoms with van der Waals surface area (Å²) in [5.74, 6) is 0.919. The van der Waals surface area contributed by atoms with E-state index in [0.29, 0.717) is 0 Å². The monoisotopic (exact) mass is 317 g/mol. The molecule has 1 heterocycles. The van der Waals surface area contributed by atoms with Crippen molar-refractivity contribution in [1.29, 1.82) is 0 Å². The Morgan fingerprint density at radius 3 is 2.74 bits per heavy atom. The smallest absolute Gasteiger partial charge is 0.124 e. The predicted molar refractivity (Wildman–Crippen MR) is 80.2 cm³/mol. The van der Waals surface area contributed by atoms with Crippen molar-refractivity contribution in [2.24, 2.45) is 5.73 Å². The molecular formula is C16H16BrNO. The molecule has 0 radical (unpaired) electrons. The Balaban J connectivity index is 1.80. The van der Waals surface area contributed by atoms with Gasteiger partial charge >= 0.3 is 0 Å². The van der Waals surface area contributed by atoms with E-state index >= 15 is 0 Å². The first-order chi connectivity index (χ1) is 9.22. The highest BCUT2D eigenvalue weighted by Crippen LogP contribution is 2.36. The van der Waals surface area contributed by atoms with E-state index in [4.69, 9.17) is 10.5 Å². The van der Waals surface area contributed by atoms with Crippen molar-refractivity contribution in [3.8, 4) is 5.75 Å². The van der Waals surface area contributed by atoms with Gasteiger partial charge in [0.05, 0.1) is 0 Å². The van der Waals surface area contributed by atoms with Crippen molar-refractivity contribution in [3.63, 3.8) is 0 Å². The zero-order chi connectivity index (χ0) is 13.2. The Bertz CT molecular complexity index is 570. The first kappa shape index (κ1) is 12.7. The first-order valence-electron chi connectivity index (χ1n) is 6.48. The van der Waals surface area contributed by atoms with Gasteiger partial charge in [0.1, 0.15) is 11.9 Å². The fourth-order valence-corrected chi connectivity index (χ4v) is 2.94. The number of hydrogen-bond acceptors (Lipinski definition) is 2. The average molecular weight is 318 g/mol. The van der Waals surface area contributed by atoms with Crippen LogP contribution in [0.2, 0.25) is 0 Å². The molecule has 3 rings (SSSR count). The summed E-state index contributed by atoms with van der Waals surface area (Å²) in [7, 11) is 0. The molecule has 0 amide bonds. The third-order valence-electron chi connectivity index (χ3n) is 3.49. The molecule has 0 aliphatic carbocycles. The molecule has 2 N–H and O–H groups in total. The lowest BCUT2D eigenvalue weighted by Crippen LogP contribution is -2.31. The molecule has 1 aliphatic heterocycles. The molecule has 2 nitrogen and oxygen atoms in total. The van der Waals surface area contributed by atoms with Crippen molar-refractivity contribution < 1.29 is 4.74 Å². The highest BCUT2D eigenvalue weighted by Gasteiger charge is 2.26. The highest BCUT2D eigenvalue weighted by atomic mass is 79.9. The van der Waals surface area contributed by atoms with Gasteiger partial charge < -0.3 is 10.5 Å². The van der Waals surface area contributed by atoms with E-state index in [-0.39, 0.29) is 12.1 Å². The Morgan fingerprint density at radius 1 is 1.16 bits per heavy atom. The minimum Gasteiger partial charge on any atom is -0.490 e. The van der Waals surface area contributed by atoms with E-state index in [0.717, 1.165) is 28.6 Å². The fourth-order valence-electron chi connectivity index (χ4n) is 2.56. The van der Waals surface area contributed by atoms with E-state index in [9.17, 15) is 0 Å². The van der Waals surface area contributed by atoms with Crippen LogP contribution < -0.4 is 10.5 Å². The number of hydrogen-bond donors (Lipinski definition) is 1. The average Bonchev–Trinajstić information content (AvgIpc) is 2.41. The molecule has 2 aromatic carbocycles. The molecule has 0 spiro atoms. The topological polar surface area (TPSA) is 35.2 Å². The number of halogens is 1. The van der Waals surface area contributed by atoms with Crippen LogP contribution in [0.3, 0.4) is 0 Å². The summed E-state index contributed by atoms with van der Waals surface area (Å²) >= 11 is 3.48. The van der Waals surface area contributed by atoms with Gasteiger partial charge in [0, 0.05) is 28.9 Å². The molecule has 0 fully saturated rings. The molecule has 0 saturated carbocycles. The summed E-state index contributed by atoms with van der Waals surface area (Å²) in [5, 5.41) is 0. The number of rotatable bonds is 2. The molecule has 3 heteroatoms. The van der Waals surface area contributed by atoms with Gasteiger partial charge in [0.25, 0.3) is 0 Å². The fraction of sp³-hybridized carbons (Fsp3) is 0.250. The van der Waals surface area contributed by atoms with Gasteiger partial charge in [-0.3, -0.25) is 0 Å². The van der Waals surface area contributed by atoms with Crippen LogP contribution in [0.1, 0.15) is 23.6 Å². The van der Waals surface area contributed by atoms with Crippen molar-refractivity contribution in [2.75, 3.05) is 0 Å². The summed E-state index contributed by atoms with van der Waals surface area (Å²) in [4.78, 5) is 0. The second-order valence-corrected chi connectivity index (χ2v) is 5.87. The minimum atomic E-state index is 0.0509. The number of ether oxygens (including phenoxy) is 1. The van der Waals surface area contributed by atoms with Gasteiger partial charge in [-0.1, -0.05) is 46.3 Å². The predicted octanol–water partition coefficient (Wildman–Crippen LogP) is 3.84. The maximum atomic E-state index is 6.26. The number of nitrogens with two attached hydrogens (primary N) is 1. The molecular weight excluding hydrogens is 302 g/mol. The molecule has 0 saturated heterocycles. The standard InChI is InChI=1S/C16H16BrNO/c17-12-6-7-16-14(9-12)15(18)10-13(19-16)8-11-4-2-1-3-5-11/h1-7,9,13,15H,8,10,18H2/t13?,15-/m0/s1. The molecule has 19 heavy (non-hydrogen) atoms. The molecule has 0 bridgehead atoms. The molecule has 0 aromatic heterocycles. The van der Waals surface area contributed by atoms with Gasteiger partial charge in [0.15, 0.2) is 0 Å². The normalized spacial score (nSPS) is 21.6. The lowest BCUT2D eigenvalue weighted by molar-refractivity contribution is 0.159. The van der Waals surface area contributed by atoms with Gasteiger partial charge in [0.2, 0.25) is 0 Å². The highest BCUT2D eigenvalue weighted by molar-refractivity contribution is 9.10. The van der Waals surface area contributed by atoms with E-state index in [1.54, 1.807) is 0 Å². The lowest BCUT2D eigenvalue weighted by atomic mass is 9.94. The number of benzene rings is 2. The second kappa shape index (κ2) is 5.35. The third-order valence-corrected chi connectivity index (χ3v) is 3.98. The zero-order valence-corrected chi connectivity index (χ0v) is 12.1. The lowest BCUT2D eigenvalue weighted by Gasteiger charge is -2.30. The Hall–Kier alpha value is -1.32. The quantitative estimate of drug-likeness (QED) is 0.913. The van der Waals surface area contributed by atoms with Gasteiger partial charge in [-0.2, -0.15) is 0 Å². The van der Waals surface area contributed by atoms with Crippen LogP contribution in [0.25, 0.3) is 0 Å². The Labute approximate surface area is 121 Å². The molecule has 2 atom stereocenters. The maximum absolute atomic E-state index is 6.26. The van der Waals surface area contributed by atoms with E-state index in [2.05, 4.69) is 46.3 Å². The van der Waals surface area contributed by atoms with Crippen LogP contribution in [-0.2, 0) is 6.42 Å². The van der Waals surface area contributed by atoms with Gasteiger partial charge in [-0.25, -0.2) is 0 Å². The second-order valence-electron chi connectivity index (χ2n) is 4.95. The van der Waals surface area contributed by atoms with Crippen molar-refractivity contribution in [1.82, 2.24) is 0 Å². The summed E-state index contributed by atoms with van der Waals surface area (Å²) < 4.78 is 7.11. The van der Waals surface area contributed by atoms with Crippen LogP contribution in [0.15, 0.2) is 53.0 Å². The van der Waals surface area contributed by atoms with Crippen LogP contribution in [0.4, 0.5) is 0 Å². The molecule has 1 unspecified atom stereocenters. The van der Waals surface area contributed by atoms with Crippen LogP contribution in [0, 0.1) is 0 Å². The van der Waals surface area contributed by atoms with E-state index < -0.39 is 0 Å². The van der Waals surface area contributed by atoms with Crippen LogP contribution in [-0.4, -0.2) is 6.10 Å². The van der Waals surface area contributed by atoms with Crippen LogP contribution >= 0.6 is 15.9 Å². The minimum absolute atomic E-state index is 0.0509. The summed E-state index contributed by atoms with van der Waals surface area (Å²) in [5.41, 5.74) is 8.65. The van der Waals surface area contributed by atoms with Crippen molar-refractivity contribution in [2.45, 2.75) is 25.0 Å². The van der Waals surface area contributed by atoms with E-state index in [1.165, 1.54) is 5.56 Å². The molecule has 2 aromatic rings. The summed E-state index contributed by atoms with van der Waals surface area (Å²) in [6.07, 6.45) is 1.92. The summed E-state index contributed by atoms with van der Waals surface area (Å²) in [6, 6.07) is 16.5. The Kier molecular flexibility index (Phi) is 3.58. The van der Waals surface area contributed by atoms with Crippen LogP contribution in [0.5, 0.6) is 5.75 Å². The number of fused-ring (bicyclic) bond motifs is 1. The SMILES string of the molecule is N[C@H]1CC(Cc2ccccc2)Oc2ccc(Br)cc21. The largest absolute Gasteiger partial charge is 0.490 e. The van der Waals surface area contributed by atoms with Gasteiger partial charge in [-0.05, 0) is 23.8 Å². The summed E-state index contributed by atoms with van der Waals surface area (Å²) in [6.45, 7) is 0. The molecule has 1 aliphatic rings. The maximum Gasteiger partial charge on any atom is 0.124 e. The third kappa shape index (κ3) is 2.82. The van der Waals surface area contributed by atoms with Crippen molar-refractivity contribution in [3.05, 3.63) is 64.1 Å². The van der Waals surface area contributed by atoms with E-state index in [1.807, 2.05) is 18.2 Å². The van der Waals surface area contributed by atoms with Crippen molar-refractivity contribution >= 4 is 15.9 Å².